The van der Waals surface area contributed by atoms with Crippen LogP contribution in [0.1, 0.15) is 29.9 Å². The molecule has 0 fully saturated rings. The summed E-state index contributed by atoms with van der Waals surface area (Å²) in [5, 5.41) is 14.3. The molecule has 0 bridgehead atoms. The molecular weight excluding hydrogens is 306 g/mol. The highest BCUT2D eigenvalue weighted by Gasteiger charge is 2.20. The average Bonchev–Trinajstić information content (AvgIpc) is 3.12. The maximum atomic E-state index is 12.4. The molecule has 0 saturated carbocycles. The SMILES string of the molecule is Cc1nn(C)c(NNC(=O)C(C)c2cc3ccccc3o2)c1C#N. The van der Waals surface area contributed by atoms with E-state index in [1.165, 1.54) is 4.68 Å². The van der Waals surface area contributed by atoms with Gasteiger partial charge in [-0.15, -0.1) is 0 Å². The largest absolute Gasteiger partial charge is 0.460 e. The Morgan fingerprint density at radius 3 is 2.88 bits per heavy atom. The van der Waals surface area contributed by atoms with Crippen LogP contribution in [0.15, 0.2) is 34.7 Å². The molecule has 1 amide bonds. The lowest BCUT2D eigenvalue weighted by atomic mass is 10.1. The maximum Gasteiger partial charge on any atom is 0.248 e. The fourth-order valence-corrected chi connectivity index (χ4v) is 2.51. The van der Waals surface area contributed by atoms with Crippen LogP contribution in [0.25, 0.3) is 11.0 Å². The van der Waals surface area contributed by atoms with Crippen molar-refractivity contribution >= 4 is 22.7 Å². The number of carbonyl (C=O) groups excluding carboxylic acids is 1. The van der Waals surface area contributed by atoms with Crippen LogP contribution in [0.3, 0.4) is 0 Å². The number of fused-ring (bicyclic) bond motifs is 1. The molecule has 24 heavy (non-hydrogen) atoms. The van der Waals surface area contributed by atoms with E-state index in [0.717, 1.165) is 11.0 Å². The first-order chi connectivity index (χ1) is 11.5. The van der Waals surface area contributed by atoms with E-state index in [-0.39, 0.29) is 5.91 Å². The van der Waals surface area contributed by atoms with Crippen molar-refractivity contribution < 1.29 is 9.21 Å². The second-order valence-corrected chi connectivity index (χ2v) is 5.57. The number of rotatable bonds is 4. The number of amides is 1. The van der Waals surface area contributed by atoms with Crippen molar-refractivity contribution in [1.82, 2.24) is 15.2 Å². The highest BCUT2D eigenvalue weighted by molar-refractivity contribution is 5.86. The molecule has 0 aliphatic carbocycles. The Balaban J connectivity index is 1.74. The normalized spacial score (nSPS) is 11.9. The number of nitriles is 1. The number of hydrazine groups is 1. The second kappa shape index (κ2) is 6.08. The number of nitrogens with zero attached hydrogens (tertiary/aromatic N) is 3. The van der Waals surface area contributed by atoms with Crippen LogP contribution >= 0.6 is 0 Å². The van der Waals surface area contributed by atoms with Crippen LogP contribution < -0.4 is 10.9 Å². The Hall–Kier alpha value is -3.27. The van der Waals surface area contributed by atoms with Crippen LogP contribution in [0, 0.1) is 18.3 Å². The van der Waals surface area contributed by atoms with Crippen LogP contribution in [-0.2, 0) is 11.8 Å². The van der Waals surface area contributed by atoms with Crippen LogP contribution in [0.4, 0.5) is 5.82 Å². The van der Waals surface area contributed by atoms with Crippen molar-refractivity contribution in [3.05, 3.63) is 47.3 Å². The number of nitrogens with one attached hydrogen (secondary N) is 2. The summed E-state index contributed by atoms with van der Waals surface area (Å²) in [7, 11) is 1.70. The van der Waals surface area contributed by atoms with Crippen molar-refractivity contribution in [3.63, 3.8) is 0 Å². The third-order valence-corrected chi connectivity index (χ3v) is 3.90. The van der Waals surface area contributed by atoms with Crippen LogP contribution in [0.2, 0.25) is 0 Å². The molecule has 1 unspecified atom stereocenters. The van der Waals surface area contributed by atoms with Crippen molar-refractivity contribution in [2.45, 2.75) is 19.8 Å². The van der Waals surface area contributed by atoms with E-state index < -0.39 is 5.92 Å². The standard InChI is InChI=1S/C17H17N5O2/c1-10(15-8-12-6-4-5-7-14(12)24-15)17(23)20-19-16-13(9-18)11(2)21-22(16)3/h4-8,10,19H,1-3H3,(H,20,23). The third-order valence-electron chi connectivity index (χ3n) is 3.90. The minimum absolute atomic E-state index is 0.267. The van der Waals surface area contributed by atoms with Crippen LogP contribution in [0.5, 0.6) is 0 Å². The van der Waals surface area contributed by atoms with Gasteiger partial charge in [0.1, 0.15) is 23.0 Å². The molecule has 0 spiro atoms. The average molecular weight is 323 g/mol. The Kier molecular flexibility index (Phi) is 3.96. The Morgan fingerprint density at radius 1 is 1.42 bits per heavy atom. The summed E-state index contributed by atoms with van der Waals surface area (Å²) >= 11 is 0. The van der Waals surface area contributed by atoms with Crippen molar-refractivity contribution in [2.75, 3.05) is 5.43 Å². The maximum absolute atomic E-state index is 12.4. The monoisotopic (exact) mass is 323 g/mol. The molecule has 1 aromatic carbocycles. The minimum Gasteiger partial charge on any atom is -0.460 e. The first kappa shape index (κ1) is 15.6. The number of aryl methyl sites for hydroxylation is 2. The third kappa shape index (κ3) is 2.70. The van der Waals surface area contributed by atoms with E-state index in [1.807, 2.05) is 30.3 Å². The van der Waals surface area contributed by atoms with Crippen molar-refractivity contribution in [1.29, 1.82) is 5.26 Å². The smallest absolute Gasteiger partial charge is 0.248 e. The number of para-hydroxylation sites is 1. The molecule has 122 valence electrons. The predicted octanol–water partition coefficient (Wildman–Crippen LogP) is 2.59. The number of anilines is 1. The van der Waals surface area contributed by atoms with Gasteiger partial charge in [-0.25, -0.2) is 0 Å². The van der Waals surface area contributed by atoms with Gasteiger partial charge in [0, 0.05) is 12.4 Å². The molecule has 0 aliphatic heterocycles. The first-order valence-corrected chi connectivity index (χ1v) is 7.49. The summed E-state index contributed by atoms with van der Waals surface area (Å²) < 4.78 is 7.23. The number of hydrogen-bond acceptors (Lipinski definition) is 5. The topological polar surface area (TPSA) is 95.9 Å². The summed E-state index contributed by atoms with van der Waals surface area (Å²) in [4.78, 5) is 12.4. The van der Waals surface area contributed by atoms with Gasteiger partial charge in [-0.3, -0.25) is 20.3 Å². The highest BCUT2D eigenvalue weighted by atomic mass is 16.3. The van der Waals surface area contributed by atoms with Gasteiger partial charge in [-0.2, -0.15) is 10.4 Å². The lowest BCUT2D eigenvalue weighted by molar-refractivity contribution is -0.122. The van der Waals surface area contributed by atoms with E-state index >= 15 is 0 Å². The van der Waals surface area contributed by atoms with Crippen molar-refractivity contribution in [2.24, 2.45) is 7.05 Å². The summed E-state index contributed by atoms with van der Waals surface area (Å²) in [6.07, 6.45) is 0. The molecule has 2 heterocycles. The zero-order valence-electron chi connectivity index (χ0n) is 13.6. The number of aromatic nitrogens is 2. The summed E-state index contributed by atoms with van der Waals surface area (Å²) in [6, 6.07) is 11.5. The van der Waals surface area contributed by atoms with Crippen molar-refractivity contribution in [3.8, 4) is 6.07 Å². The molecule has 3 aromatic rings. The van der Waals surface area contributed by atoms with Gasteiger partial charge in [0.2, 0.25) is 5.91 Å². The highest BCUT2D eigenvalue weighted by Crippen LogP contribution is 2.25. The molecule has 2 aromatic heterocycles. The van der Waals surface area contributed by atoms with Gasteiger partial charge in [0.15, 0.2) is 5.82 Å². The first-order valence-electron chi connectivity index (χ1n) is 7.49. The Labute approximate surface area is 138 Å². The van der Waals surface area contributed by atoms with Crippen LogP contribution in [-0.4, -0.2) is 15.7 Å². The molecular formula is C17H17N5O2. The van der Waals surface area contributed by atoms with E-state index in [4.69, 9.17) is 4.42 Å². The molecule has 1 atom stereocenters. The number of furan rings is 1. The quantitative estimate of drug-likeness (QED) is 0.719. The van der Waals surface area contributed by atoms with E-state index in [1.54, 1.807) is 20.9 Å². The summed E-state index contributed by atoms with van der Waals surface area (Å²) in [6.45, 7) is 3.50. The molecule has 3 rings (SSSR count). The zero-order chi connectivity index (χ0) is 17.3. The van der Waals surface area contributed by atoms with Gasteiger partial charge in [0.05, 0.1) is 11.6 Å². The van der Waals surface area contributed by atoms with Gasteiger partial charge < -0.3 is 4.42 Å². The van der Waals surface area contributed by atoms with Gasteiger partial charge in [-0.1, -0.05) is 18.2 Å². The number of hydrogen-bond donors (Lipinski definition) is 2. The molecule has 0 saturated heterocycles. The minimum atomic E-state index is -0.482. The summed E-state index contributed by atoms with van der Waals surface area (Å²) in [5.41, 5.74) is 7.12. The lowest BCUT2D eigenvalue weighted by Crippen LogP contribution is -2.33. The van der Waals surface area contributed by atoms with Gasteiger partial charge in [0.25, 0.3) is 0 Å². The fourth-order valence-electron chi connectivity index (χ4n) is 2.51. The Bertz CT molecular complexity index is 915. The second-order valence-electron chi connectivity index (χ2n) is 5.57. The Morgan fingerprint density at radius 2 is 2.17 bits per heavy atom. The van der Waals surface area contributed by atoms with E-state index in [2.05, 4.69) is 22.0 Å². The number of benzene rings is 1. The predicted molar refractivity (Wildman–Crippen MR) is 89.1 cm³/mol. The summed E-state index contributed by atoms with van der Waals surface area (Å²) in [5.74, 6) is 0.277. The molecule has 7 nitrogen and oxygen atoms in total. The van der Waals surface area contributed by atoms with E-state index in [9.17, 15) is 10.1 Å². The van der Waals surface area contributed by atoms with Gasteiger partial charge >= 0.3 is 0 Å². The molecule has 0 radical (unpaired) electrons. The molecule has 7 heteroatoms. The van der Waals surface area contributed by atoms with Gasteiger partial charge in [-0.05, 0) is 26.0 Å². The number of carbonyl (C=O) groups is 1. The fraction of sp³-hybridized carbons (Fsp3) is 0.235. The van der Waals surface area contributed by atoms with E-state index in [0.29, 0.717) is 22.8 Å². The molecule has 0 aliphatic rings. The lowest BCUT2D eigenvalue weighted by Gasteiger charge is -2.12. The zero-order valence-corrected chi connectivity index (χ0v) is 13.6. The molecule has 2 N–H and O–H groups in total.